The lowest BCUT2D eigenvalue weighted by Gasteiger charge is -2.33. The van der Waals surface area contributed by atoms with Gasteiger partial charge >= 0.3 is 0 Å². The molecule has 5 aromatic carbocycles. The first-order chi connectivity index (χ1) is 18.2. The van der Waals surface area contributed by atoms with Crippen LogP contribution in [0.3, 0.4) is 0 Å². The summed E-state index contributed by atoms with van der Waals surface area (Å²) in [6, 6.07) is 48.6. The highest BCUT2D eigenvalue weighted by Gasteiger charge is 2.50. The van der Waals surface area contributed by atoms with Gasteiger partial charge in [0.2, 0.25) is 5.78 Å². The van der Waals surface area contributed by atoms with E-state index in [4.69, 9.17) is 9.48 Å². The first-order valence-corrected chi connectivity index (χ1v) is 14.1. The van der Waals surface area contributed by atoms with E-state index in [1.54, 1.807) is 0 Å². The summed E-state index contributed by atoms with van der Waals surface area (Å²) < 4.78 is 12.3. The second-order valence-corrected chi connectivity index (χ2v) is 12.1. The number of hydrogen-bond acceptors (Lipinski definition) is 3. The molecule has 0 amide bonds. The molecule has 1 heterocycles. The number of rotatable bonds is 6. The number of fused-ring (bicyclic) bond motifs is 1. The normalized spacial score (nSPS) is 16.6. The Morgan fingerprint density at radius 2 is 1.00 bits per heavy atom. The zero-order chi connectivity index (χ0) is 25.1. The molecule has 1 aliphatic rings. The minimum absolute atomic E-state index is 0.0980. The Morgan fingerprint density at radius 1 is 0.568 bits per heavy atom. The molecule has 0 aromatic heterocycles. The number of ketones is 1. The van der Waals surface area contributed by atoms with Crippen LogP contribution in [0.2, 0.25) is 0 Å². The molecular weight excluding hydrogens is 473 g/mol. The van der Waals surface area contributed by atoms with E-state index in [9.17, 15) is 4.79 Å². The molecule has 1 atom stereocenters. The first kappa shape index (κ1) is 23.2. The molecular formula is C33H26NO2P. The van der Waals surface area contributed by atoms with Crippen molar-refractivity contribution in [2.24, 2.45) is 4.74 Å². The van der Waals surface area contributed by atoms with Crippen molar-refractivity contribution in [3.05, 3.63) is 157 Å². The van der Waals surface area contributed by atoms with Crippen molar-refractivity contribution in [1.82, 2.24) is 0 Å². The Bertz CT molecular complexity index is 1480. The highest BCUT2D eigenvalue weighted by molar-refractivity contribution is 7.87. The van der Waals surface area contributed by atoms with E-state index in [1.165, 1.54) is 0 Å². The van der Waals surface area contributed by atoms with Crippen LogP contribution in [0.5, 0.6) is 5.75 Å². The number of ether oxygens (including phenoxy) is 1. The SMILES string of the molecule is O=C1c2ccccc2OC1(Cc1ccccc1)N=P(c1ccccc1)(c1ccccc1)c1ccccc1. The fourth-order valence-corrected chi connectivity index (χ4v) is 8.80. The van der Waals surface area contributed by atoms with Crippen molar-refractivity contribution in [2.45, 2.75) is 12.1 Å². The Balaban J connectivity index is 1.72. The summed E-state index contributed by atoms with van der Waals surface area (Å²) >= 11 is 0. The molecule has 0 N–H and O–H groups in total. The largest absolute Gasteiger partial charge is 0.457 e. The van der Waals surface area contributed by atoms with Crippen LogP contribution in [-0.4, -0.2) is 11.5 Å². The minimum Gasteiger partial charge on any atom is -0.457 e. The lowest BCUT2D eigenvalue weighted by atomic mass is 9.97. The van der Waals surface area contributed by atoms with Crippen LogP contribution < -0.4 is 20.7 Å². The van der Waals surface area contributed by atoms with Crippen molar-refractivity contribution in [3.8, 4) is 5.75 Å². The maximum atomic E-state index is 14.3. The lowest BCUT2D eigenvalue weighted by Crippen LogP contribution is -2.42. The van der Waals surface area contributed by atoms with Gasteiger partial charge in [-0.2, -0.15) is 0 Å². The lowest BCUT2D eigenvalue weighted by molar-refractivity contribution is 0.0601. The molecule has 1 unspecified atom stereocenters. The number of Topliss-reactive ketones (excluding diaryl/α,β-unsaturated/α-hetero) is 1. The van der Waals surface area contributed by atoms with Gasteiger partial charge in [0.05, 0.1) is 12.6 Å². The average Bonchev–Trinajstić information content (AvgIpc) is 3.24. The average molecular weight is 500 g/mol. The third-order valence-corrected chi connectivity index (χ3v) is 10.5. The van der Waals surface area contributed by atoms with Gasteiger partial charge in [0.15, 0.2) is 0 Å². The van der Waals surface area contributed by atoms with Gasteiger partial charge in [-0.05, 0) is 17.7 Å². The van der Waals surface area contributed by atoms with Gasteiger partial charge in [0, 0.05) is 22.3 Å². The number of nitrogens with zero attached hydrogens (tertiary/aromatic N) is 1. The molecule has 6 rings (SSSR count). The molecule has 0 saturated heterocycles. The van der Waals surface area contributed by atoms with Gasteiger partial charge in [-0.3, -0.25) is 4.79 Å². The Hall–Kier alpha value is -4.20. The molecule has 0 radical (unpaired) electrons. The van der Waals surface area contributed by atoms with Crippen molar-refractivity contribution in [2.75, 3.05) is 0 Å². The van der Waals surface area contributed by atoms with Crippen LogP contribution in [0.15, 0.2) is 150 Å². The van der Waals surface area contributed by atoms with E-state index < -0.39 is 12.8 Å². The van der Waals surface area contributed by atoms with Crippen LogP contribution in [0.4, 0.5) is 0 Å². The van der Waals surface area contributed by atoms with Crippen LogP contribution in [0.1, 0.15) is 15.9 Å². The fraction of sp³-hybridized carbons (Fsp3) is 0.0606. The third-order valence-electron chi connectivity index (χ3n) is 6.75. The molecule has 0 aliphatic carbocycles. The standard InChI is InChI=1S/C33H26NO2P/c35-32-30-23-13-14-24-31(30)36-33(32,25-26-15-5-1-6-16-26)34-37(27-17-7-2-8-18-27,28-19-9-3-10-20-28)29-21-11-4-12-22-29/h1-24H,25H2. The molecule has 1 aliphatic heterocycles. The van der Waals surface area contributed by atoms with Crippen LogP contribution in [-0.2, 0) is 6.42 Å². The van der Waals surface area contributed by atoms with Crippen molar-refractivity contribution >= 4 is 28.8 Å². The van der Waals surface area contributed by atoms with Crippen molar-refractivity contribution in [3.63, 3.8) is 0 Å². The molecule has 180 valence electrons. The van der Waals surface area contributed by atoms with Crippen LogP contribution in [0, 0.1) is 0 Å². The van der Waals surface area contributed by atoms with Crippen LogP contribution in [0.25, 0.3) is 0 Å². The molecule has 0 spiro atoms. The summed E-state index contributed by atoms with van der Waals surface area (Å²) in [7, 11) is -2.69. The zero-order valence-electron chi connectivity index (χ0n) is 20.3. The number of benzene rings is 5. The van der Waals surface area contributed by atoms with E-state index in [0.29, 0.717) is 17.7 Å². The number of para-hydroxylation sites is 1. The monoisotopic (exact) mass is 499 g/mol. The number of hydrogen-bond donors (Lipinski definition) is 0. The summed E-state index contributed by atoms with van der Waals surface area (Å²) in [4.78, 5) is 14.3. The molecule has 5 aromatic rings. The topological polar surface area (TPSA) is 38.7 Å². The van der Waals surface area contributed by atoms with E-state index in [1.807, 2.05) is 109 Å². The summed E-state index contributed by atoms with van der Waals surface area (Å²) in [6.07, 6.45) is 0.343. The maximum absolute atomic E-state index is 14.3. The van der Waals surface area contributed by atoms with Gasteiger partial charge in [-0.15, -0.1) is 0 Å². The Kier molecular flexibility index (Phi) is 6.08. The maximum Gasteiger partial charge on any atom is 0.267 e. The predicted molar refractivity (Wildman–Crippen MR) is 152 cm³/mol. The third kappa shape index (κ3) is 4.12. The molecule has 37 heavy (non-hydrogen) atoms. The molecule has 0 saturated carbocycles. The van der Waals surface area contributed by atoms with Gasteiger partial charge in [0.25, 0.3) is 5.72 Å². The van der Waals surface area contributed by atoms with Gasteiger partial charge in [0.1, 0.15) is 5.75 Å². The smallest absolute Gasteiger partial charge is 0.267 e. The highest BCUT2D eigenvalue weighted by Crippen LogP contribution is 2.52. The van der Waals surface area contributed by atoms with E-state index >= 15 is 0 Å². The summed E-state index contributed by atoms with van der Waals surface area (Å²) in [6.45, 7) is 0. The van der Waals surface area contributed by atoms with E-state index in [-0.39, 0.29) is 5.78 Å². The van der Waals surface area contributed by atoms with Crippen molar-refractivity contribution in [1.29, 1.82) is 0 Å². The quantitative estimate of drug-likeness (QED) is 0.254. The van der Waals surface area contributed by atoms with Gasteiger partial charge in [-0.1, -0.05) is 133 Å². The van der Waals surface area contributed by atoms with Crippen molar-refractivity contribution < 1.29 is 9.53 Å². The summed E-state index contributed by atoms with van der Waals surface area (Å²) in [5, 5.41) is 3.23. The summed E-state index contributed by atoms with van der Waals surface area (Å²) in [5.41, 5.74) is 0.175. The second-order valence-electron chi connectivity index (χ2n) is 9.12. The van der Waals surface area contributed by atoms with E-state index in [2.05, 4.69) is 36.4 Å². The molecule has 0 bridgehead atoms. The number of carbonyl (C=O) groups excluding carboxylic acids is 1. The van der Waals surface area contributed by atoms with E-state index in [0.717, 1.165) is 21.5 Å². The van der Waals surface area contributed by atoms with Gasteiger partial charge < -0.3 is 4.74 Å². The second kappa shape index (κ2) is 9.69. The molecule has 3 nitrogen and oxygen atoms in total. The molecule has 0 fully saturated rings. The Morgan fingerprint density at radius 3 is 1.49 bits per heavy atom. The first-order valence-electron chi connectivity index (χ1n) is 12.4. The highest BCUT2D eigenvalue weighted by atomic mass is 31.2. The summed E-state index contributed by atoms with van der Waals surface area (Å²) in [5.74, 6) is 0.485. The number of carbonyl (C=O) groups is 1. The zero-order valence-corrected chi connectivity index (χ0v) is 21.2. The van der Waals surface area contributed by atoms with Crippen LogP contribution >= 0.6 is 7.05 Å². The Labute approximate surface area is 217 Å². The fourth-order valence-electron chi connectivity index (χ4n) is 5.07. The molecule has 4 heteroatoms. The van der Waals surface area contributed by atoms with Gasteiger partial charge in [-0.25, -0.2) is 4.74 Å². The predicted octanol–water partition coefficient (Wildman–Crippen LogP) is 6.38. The minimum atomic E-state index is -2.69.